The van der Waals surface area contributed by atoms with Gasteiger partial charge in [0.05, 0.1) is 12.1 Å². The number of nitrogens with zero attached hydrogens (tertiary/aromatic N) is 1. The molecule has 2 N–H and O–H groups in total. The van der Waals surface area contributed by atoms with E-state index < -0.39 is 6.04 Å². The largest absolute Gasteiger partial charge is 0.333 e. The Hall–Kier alpha value is -2.13. The van der Waals surface area contributed by atoms with Crippen LogP contribution in [0.25, 0.3) is 0 Å². The summed E-state index contributed by atoms with van der Waals surface area (Å²) < 4.78 is 0. The van der Waals surface area contributed by atoms with E-state index in [1.165, 1.54) is 0 Å². The zero-order valence-corrected chi connectivity index (χ0v) is 14.4. The first-order chi connectivity index (χ1) is 10.8. The molecule has 1 amide bonds. The van der Waals surface area contributed by atoms with Gasteiger partial charge in [0.15, 0.2) is 0 Å². The third-order valence-electron chi connectivity index (χ3n) is 4.16. The normalized spacial score (nSPS) is 13.0. The van der Waals surface area contributed by atoms with Gasteiger partial charge < -0.3 is 10.6 Å². The number of benzene rings is 2. The average molecular weight is 310 g/mol. The van der Waals surface area contributed by atoms with Crippen LogP contribution in [-0.4, -0.2) is 23.9 Å². The van der Waals surface area contributed by atoms with E-state index in [2.05, 4.69) is 0 Å². The summed E-state index contributed by atoms with van der Waals surface area (Å²) in [6.45, 7) is 5.97. The smallest absolute Gasteiger partial charge is 0.240 e. The van der Waals surface area contributed by atoms with Gasteiger partial charge in [-0.05, 0) is 16.5 Å². The summed E-state index contributed by atoms with van der Waals surface area (Å²) in [5, 5.41) is 0. The van der Waals surface area contributed by atoms with Crippen LogP contribution in [0.1, 0.15) is 37.9 Å². The van der Waals surface area contributed by atoms with Crippen LogP contribution in [0.3, 0.4) is 0 Å². The fourth-order valence-corrected chi connectivity index (χ4v) is 2.63. The Morgan fingerprint density at radius 3 is 1.65 bits per heavy atom. The Morgan fingerprint density at radius 2 is 1.30 bits per heavy atom. The van der Waals surface area contributed by atoms with Gasteiger partial charge in [0, 0.05) is 7.05 Å². The van der Waals surface area contributed by atoms with Crippen molar-refractivity contribution in [2.45, 2.75) is 32.9 Å². The zero-order chi connectivity index (χ0) is 17.0. The number of carbonyl (C=O) groups is 1. The van der Waals surface area contributed by atoms with Crippen molar-refractivity contribution in [1.82, 2.24) is 4.90 Å². The highest BCUT2D eigenvalue weighted by Crippen LogP contribution is 2.29. The molecule has 3 nitrogen and oxygen atoms in total. The predicted molar refractivity (Wildman–Crippen MR) is 94.9 cm³/mol. The molecule has 0 saturated heterocycles. The standard InChI is InChI=1S/C20H26N2O/c1-20(2,3)18(21)19(23)22(4)17(15-11-7-5-8-12-15)16-13-9-6-10-14-16/h5-14,17-18H,21H2,1-4H3/t18-/m1/s1. The summed E-state index contributed by atoms with van der Waals surface area (Å²) in [6.07, 6.45) is 0. The molecular weight excluding hydrogens is 284 g/mol. The Labute approximate surface area is 139 Å². The Balaban J connectivity index is 2.40. The monoisotopic (exact) mass is 310 g/mol. The van der Waals surface area contributed by atoms with Gasteiger partial charge in [-0.25, -0.2) is 0 Å². The molecule has 2 aromatic carbocycles. The van der Waals surface area contributed by atoms with Crippen molar-refractivity contribution in [3.05, 3.63) is 71.8 Å². The molecule has 122 valence electrons. The van der Waals surface area contributed by atoms with Gasteiger partial charge in [0.2, 0.25) is 5.91 Å². The van der Waals surface area contributed by atoms with Gasteiger partial charge in [-0.3, -0.25) is 4.79 Å². The molecule has 0 radical (unpaired) electrons. The molecule has 1 atom stereocenters. The molecule has 0 unspecified atom stereocenters. The number of nitrogens with two attached hydrogens (primary N) is 1. The lowest BCUT2D eigenvalue weighted by Crippen LogP contribution is -2.50. The molecule has 2 rings (SSSR count). The highest BCUT2D eigenvalue weighted by atomic mass is 16.2. The van der Waals surface area contributed by atoms with Gasteiger partial charge in [-0.2, -0.15) is 0 Å². The first-order valence-corrected chi connectivity index (χ1v) is 7.94. The highest BCUT2D eigenvalue weighted by molar-refractivity contribution is 5.83. The number of rotatable bonds is 4. The third kappa shape index (κ3) is 3.99. The van der Waals surface area contributed by atoms with Gasteiger partial charge in [0.25, 0.3) is 0 Å². The van der Waals surface area contributed by atoms with Crippen molar-refractivity contribution in [3.63, 3.8) is 0 Å². The molecule has 0 spiro atoms. The fourth-order valence-electron chi connectivity index (χ4n) is 2.63. The first kappa shape index (κ1) is 17.2. The number of carbonyl (C=O) groups excluding carboxylic acids is 1. The van der Waals surface area contributed by atoms with Crippen LogP contribution in [0, 0.1) is 5.41 Å². The second-order valence-corrected chi connectivity index (χ2v) is 7.02. The summed E-state index contributed by atoms with van der Waals surface area (Å²) in [5.41, 5.74) is 8.08. The molecule has 0 heterocycles. The van der Waals surface area contributed by atoms with E-state index in [0.717, 1.165) is 11.1 Å². The molecule has 2 aromatic rings. The van der Waals surface area contributed by atoms with E-state index in [-0.39, 0.29) is 17.4 Å². The van der Waals surface area contributed by atoms with Crippen molar-refractivity contribution in [2.24, 2.45) is 11.1 Å². The minimum absolute atomic E-state index is 0.0461. The van der Waals surface area contributed by atoms with Crippen molar-refractivity contribution >= 4 is 5.91 Å². The quantitative estimate of drug-likeness (QED) is 0.937. The Bertz CT molecular complexity index is 592. The summed E-state index contributed by atoms with van der Waals surface area (Å²) >= 11 is 0. The zero-order valence-electron chi connectivity index (χ0n) is 14.4. The average Bonchev–Trinajstić information content (AvgIpc) is 2.54. The maximum Gasteiger partial charge on any atom is 0.240 e. The minimum Gasteiger partial charge on any atom is -0.333 e. The van der Waals surface area contributed by atoms with Crippen LogP contribution in [0.4, 0.5) is 0 Å². The summed E-state index contributed by atoms with van der Waals surface area (Å²) in [6, 6.07) is 19.4. The maximum atomic E-state index is 12.9. The molecule has 23 heavy (non-hydrogen) atoms. The lowest BCUT2D eigenvalue weighted by Gasteiger charge is -2.35. The number of likely N-dealkylation sites (N-methyl/N-ethyl adjacent to an activating group) is 1. The maximum absolute atomic E-state index is 12.9. The van der Waals surface area contributed by atoms with E-state index in [0.29, 0.717) is 0 Å². The molecule has 0 saturated carbocycles. The van der Waals surface area contributed by atoms with E-state index in [9.17, 15) is 4.79 Å². The predicted octanol–water partition coefficient (Wildman–Crippen LogP) is 3.61. The number of amides is 1. The van der Waals surface area contributed by atoms with Crippen LogP contribution >= 0.6 is 0 Å². The van der Waals surface area contributed by atoms with Gasteiger partial charge >= 0.3 is 0 Å². The van der Waals surface area contributed by atoms with E-state index in [1.54, 1.807) is 4.90 Å². The molecule has 0 aliphatic heterocycles. The summed E-state index contributed by atoms with van der Waals surface area (Å²) in [7, 11) is 1.83. The molecular formula is C20H26N2O. The van der Waals surface area contributed by atoms with E-state index in [4.69, 9.17) is 5.73 Å². The lowest BCUT2D eigenvalue weighted by molar-refractivity contribution is -0.135. The first-order valence-electron chi connectivity index (χ1n) is 7.94. The number of hydrogen-bond donors (Lipinski definition) is 1. The molecule has 0 aliphatic carbocycles. The fraction of sp³-hybridized carbons (Fsp3) is 0.350. The molecule has 0 aliphatic rings. The number of hydrogen-bond acceptors (Lipinski definition) is 2. The summed E-state index contributed by atoms with van der Waals surface area (Å²) in [4.78, 5) is 14.6. The molecule has 0 fully saturated rings. The van der Waals surface area contributed by atoms with Gasteiger partial charge in [-0.15, -0.1) is 0 Å². The third-order valence-corrected chi connectivity index (χ3v) is 4.16. The topological polar surface area (TPSA) is 46.3 Å². The van der Waals surface area contributed by atoms with E-state index in [1.807, 2.05) is 88.5 Å². The van der Waals surface area contributed by atoms with Crippen LogP contribution in [-0.2, 0) is 4.79 Å². The van der Waals surface area contributed by atoms with Crippen LogP contribution in [0.15, 0.2) is 60.7 Å². The van der Waals surface area contributed by atoms with Crippen molar-refractivity contribution in [3.8, 4) is 0 Å². The van der Waals surface area contributed by atoms with Crippen LogP contribution in [0.2, 0.25) is 0 Å². The van der Waals surface area contributed by atoms with Gasteiger partial charge in [0.1, 0.15) is 0 Å². The Morgan fingerprint density at radius 1 is 0.913 bits per heavy atom. The van der Waals surface area contributed by atoms with Gasteiger partial charge in [-0.1, -0.05) is 81.4 Å². The van der Waals surface area contributed by atoms with Crippen molar-refractivity contribution in [2.75, 3.05) is 7.05 Å². The Kier molecular flexibility index (Phi) is 5.22. The van der Waals surface area contributed by atoms with Crippen LogP contribution in [0.5, 0.6) is 0 Å². The lowest BCUT2D eigenvalue weighted by atomic mass is 9.86. The molecule has 0 bridgehead atoms. The second kappa shape index (κ2) is 6.97. The van der Waals surface area contributed by atoms with Crippen molar-refractivity contribution in [1.29, 1.82) is 0 Å². The molecule has 0 aromatic heterocycles. The summed E-state index contributed by atoms with van der Waals surface area (Å²) in [5.74, 6) is -0.0461. The second-order valence-electron chi connectivity index (χ2n) is 7.02. The highest BCUT2D eigenvalue weighted by Gasteiger charge is 2.33. The van der Waals surface area contributed by atoms with Crippen molar-refractivity contribution < 1.29 is 4.79 Å². The SMILES string of the molecule is CN(C(=O)[C@@H](N)C(C)(C)C)C(c1ccccc1)c1ccccc1. The molecule has 3 heteroatoms. The van der Waals surface area contributed by atoms with E-state index >= 15 is 0 Å². The minimum atomic E-state index is -0.539. The van der Waals surface area contributed by atoms with Crippen LogP contribution < -0.4 is 5.73 Å².